The van der Waals surface area contributed by atoms with Crippen molar-refractivity contribution in [2.75, 3.05) is 13.2 Å². The van der Waals surface area contributed by atoms with Crippen molar-refractivity contribution in [1.29, 1.82) is 0 Å². The predicted molar refractivity (Wildman–Crippen MR) is 144 cm³/mol. The number of nitrogens with zero attached hydrogens (tertiary/aromatic N) is 2. The van der Waals surface area contributed by atoms with Gasteiger partial charge in [0.15, 0.2) is 5.01 Å². The topological polar surface area (TPSA) is 110 Å². The minimum Gasteiger partial charge on any atom is -0.394 e. The van der Waals surface area contributed by atoms with Crippen LogP contribution < -0.4 is 10.6 Å². The van der Waals surface area contributed by atoms with Crippen molar-refractivity contribution in [2.45, 2.75) is 63.7 Å². The van der Waals surface area contributed by atoms with Gasteiger partial charge in [-0.2, -0.15) is 0 Å². The van der Waals surface area contributed by atoms with Gasteiger partial charge in [-0.15, -0.1) is 23.7 Å². The van der Waals surface area contributed by atoms with E-state index in [4.69, 9.17) is 11.6 Å². The lowest BCUT2D eigenvalue weighted by atomic mass is 10.0. The van der Waals surface area contributed by atoms with E-state index in [2.05, 4.69) is 25.5 Å². The summed E-state index contributed by atoms with van der Waals surface area (Å²) in [6, 6.07) is 6.96. The van der Waals surface area contributed by atoms with Crippen LogP contribution in [0.2, 0.25) is 5.02 Å². The number of hydrogen-bond donors (Lipinski definition) is 4. The Balaban J connectivity index is 0.00000304. The first-order valence-electron chi connectivity index (χ1n) is 12.0. The number of benzene rings is 1. The Hall–Kier alpha value is -2.17. The van der Waals surface area contributed by atoms with Gasteiger partial charge in [-0.3, -0.25) is 14.5 Å². The molecule has 1 aromatic carbocycles. The maximum atomic E-state index is 13.1. The van der Waals surface area contributed by atoms with E-state index >= 15 is 0 Å². The molecule has 11 heteroatoms. The van der Waals surface area contributed by atoms with Crippen LogP contribution >= 0.6 is 35.3 Å². The highest BCUT2D eigenvalue weighted by Gasteiger charge is 2.34. The number of amides is 2. The van der Waals surface area contributed by atoms with Gasteiger partial charge in [-0.05, 0) is 57.4 Å². The zero-order valence-corrected chi connectivity index (χ0v) is 22.7. The lowest BCUT2D eigenvalue weighted by molar-refractivity contribution is 0.0471. The molecule has 1 aliphatic heterocycles. The largest absolute Gasteiger partial charge is 0.394 e. The van der Waals surface area contributed by atoms with Crippen molar-refractivity contribution in [3.63, 3.8) is 0 Å². The third kappa shape index (κ3) is 5.40. The number of nitrogens with one attached hydrogen (secondary N) is 3. The number of aromatic nitrogens is 2. The number of rotatable bonds is 6. The SMILES string of the molecule is CC(C)(CO)N1CCc2nc(C(=O)N[C@@H]3CCC[C@H]3NC(=O)c3cc4cc(Cl)ccc4[nH]3)sc2C1.Cl. The standard InChI is InChI=1S/C25H30ClN5O3S.ClH/c1-25(2,13-32)31-9-8-19-21(12-31)35-24(30-19)23(34)29-18-5-3-4-17(18)28-22(33)20-11-14-10-15(26)6-7-16(14)27-20;/h6-7,10-11,17-18,27,32H,3-5,8-9,12-13H2,1-2H3,(H,28,33)(H,29,34);1H/t17-,18-;/m1./s1. The summed E-state index contributed by atoms with van der Waals surface area (Å²) >= 11 is 7.48. The van der Waals surface area contributed by atoms with Crippen LogP contribution in [0.4, 0.5) is 0 Å². The van der Waals surface area contributed by atoms with Gasteiger partial charge in [0.2, 0.25) is 0 Å². The van der Waals surface area contributed by atoms with Gasteiger partial charge < -0.3 is 20.7 Å². The number of fused-ring (bicyclic) bond motifs is 2. The molecule has 2 aromatic heterocycles. The van der Waals surface area contributed by atoms with Crippen LogP contribution in [-0.2, 0) is 13.0 Å². The summed E-state index contributed by atoms with van der Waals surface area (Å²) in [6.07, 6.45) is 3.31. The number of H-pyrrole nitrogens is 1. The summed E-state index contributed by atoms with van der Waals surface area (Å²) in [4.78, 5) is 37.0. The Labute approximate surface area is 225 Å². The van der Waals surface area contributed by atoms with Crippen LogP contribution in [0.1, 0.15) is 64.0 Å². The summed E-state index contributed by atoms with van der Waals surface area (Å²) in [7, 11) is 0. The molecule has 0 spiro atoms. The fraction of sp³-hybridized carbons (Fsp3) is 0.480. The Bertz CT molecular complexity index is 1270. The van der Waals surface area contributed by atoms with E-state index in [9.17, 15) is 14.7 Å². The van der Waals surface area contributed by atoms with Gasteiger partial charge in [0, 0.05) is 57.9 Å². The Morgan fingerprint density at radius 3 is 2.67 bits per heavy atom. The molecule has 0 bridgehead atoms. The van der Waals surface area contributed by atoms with Crippen molar-refractivity contribution in [2.24, 2.45) is 0 Å². The van der Waals surface area contributed by atoms with Gasteiger partial charge >= 0.3 is 0 Å². The van der Waals surface area contributed by atoms with E-state index < -0.39 is 0 Å². The van der Waals surface area contributed by atoms with E-state index in [-0.39, 0.29) is 48.5 Å². The van der Waals surface area contributed by atoms with E-state index in [1.807, 2.05) is 26.0 Å². The number of aliphatic hydroxyl groups excluding tert-OH is 1. The number of carbonyl (C=O) groups is 2. The third-order valence-corrected chi connectivity index (χ3v) is 8.46. The number of thiazole rings is 1. The number of halogens is 2. The normalized spacial score (nSPS) is 20.1. The van der Waals surface area contributed by atoms with Gasteiger partial charge in [0.1, 0.15) is 5.69 Å². The highest BCUT2D eigenvalue weighted by atomic mass is 35.5. The first-order chi connectivity index (χ1) is 16.7. The molecule has 2 amide bonds. The number of carbonyl (C=O) groups excluding carboxylic acids is 2. The second kappa shape index (κ2) is 10.7. The molecule has 2 aliphatic rings. The van der Waals surface area contributed by atoms with Gasteiger partial charge in [0.05, 0.1) is 12.3 Å². The van der Waals surface area contributed by atoms with Crippen molar-refractivity contribution >= 4 is 58.1 Å². The lowest BCUT2D eigenvalue weighted by Crippen LogP contribution is -2.48. The fourth-order valence-corrected chi connectivity index (χ4v) is 6.12. The maximum absolute atomic E-state index is 13.1. The predicted octanol–water partition coefficient (Wildman–Crippen LogP) is 3.91. The van der Waals surface area contributed by atoms with Crippen molar-refractivity contribution in [1.82, 2.24) is 25.5 Å². The van der Waals surface area contributed by atoms with Crippen molar-refractivity contribution in [3.8, 4) is 0 Å². The number of aromatic amines is 1. The Morgan fingerprint density at radius 2 is 1.94 bits per heavy atom. The monoisotopic (exact) mass is 551 g/mol. The molecule has 0 radical (unpaired) electrons. The maximum Gasteiger partial charge on any atom is 0.280 e. The van der Waals surface area contributed by atoms with Crippen molar-refractivity contribution in [3.05, 3.63) is 50.6 Å². The molecule has 4 N–H and O–H groups in total. The molecule has 1 fully saturated rings. The summed E-state index contributed by atoms with van der Waals surface area (Å²) in [5.74, 6) is -0.386. The highest BCUT2D eigenvalue weighted by Crippen LogP contribution is 2.30. The first-order valence-corrected chi connectivity index (χ1v) is 13.2. The van der Waals surface area contributed by atoms with Crippen LogP contribution in [0.25, 0.3) is 10.9 Å². The van der Waals surface area contributed by atoms with Crippen LogP contribution in [-0.4, -0.2) is 62.6 Å². The van der Waals surface area contributed by atoms with Crippen LogP contribution in [0.3, 0.4) is 0 Å². The molecule has 36 heavy (non-hydrogen) atoms. The molecule has 8 nitrogen and oxygen atoms in total. The quantitative estimate of drug-likeness (QED) is 0.371. The molecule has 0 unspecified atom stereocenters. The van der Waals surface area contributed by atoms with E-state index in [0.717, 1.165) is 53.7 Å². The van der Waals surface area contributed by atoms with E-state index in [1.54, 1.807) is 12.1 Å². The molecular formula is C25H31Cl2N5O3S. The third-order valence-electron chi connectivity index (χ3n) is 7.14. The van der Waals surface area contributed by atoms with E-state index in [0.29, 0.717) is 22.3 Å². The number of hydrogen-bond acceptors (Lipinski definition) is 6. The molecule has 3 aromatic rings. The average molecular weight is 553 g/mol. The summed E-state index contributed by atoms with van der Waals surface area (Å²) in [5.41, 5.74) is 1.99. The average Bonchev–Trinajstić information content (AvgIpc) is 3.56. The molecule has 194 valence electrons. The van der Waals surface area contributed by atoms with E-state index in [1.165, 1.54) is 11.3 Å². The summed E-state index contributed by atoms with van der Waals surface area (Å²) < 4.78 is 0. The minimum atomic E-state index is -0.309. The highest BCUT2D eigenvalue weighted by molar-refractivity contribution is 7.13. The Morgan fingerprint density at radius 1 is 1.22 bits per heavy atom. The summed E-state index contributed by atoms with van der Waals surface area (Å²) in [6.45, 7) is 5.61. The second-order valence-electron chi connectivity index (χ2n) is 10.0. The molecule has 0 saturated heterocycles. The fourth-order valence-electron chi connectivity index (χ4n) is 4.92. The Kier molecular flexibility index (Phi) is 7.97. The van der Waals surface area contributed by atoms with Crippen LogP contribution in [0, 0.1) is 0 Å². The first kappa shape index (κ1) is 26.9. The molecule has 2 atom stereocenters. The van der Waals surface area contributed by atoms with Gasteiger partial charge in [-0.25, -0.2) is 4.98 Å². The minimum absolute atomic E-state index is 0. The summed E-state index contributed by atoms with van der Waals surface area (Å²) in [5, 5.41) is 17.9. The zero-order chi connectivity index (χ0) is 24.7. The molecule has 1 saturated carbocycles. The molecule has 5 rings (SSSR count). The van der Waals surface area contributed by atoms with Gasteiger partial charge in [-0.1, -0.05) is 11.6 Å². The smallest absolute Gasteiger partial charge is 0.280 e. The molecule has 3 heterocycles. The van der Waals surface area contributed by atoms with Crippen LogP contribution in [0.15, 0.2) is 24.3 Å². The number of aliphatic hydroxyl groups is 1. The second-order valence-corrected chi connectivity index (χ2v) is 11.6. The lowest BCUT2D eigenvalue weighted by Gasteiger charge is -2.39. The molecular weight excluding hydrogens is 521 g/mol. The van der Waals surface area contributed by atoms with Crippen LogP contribution in [0.5, 0.6) is 0 Å². The van der Waals surface area contributed by atoms with Gasteiger partial charge in [0.25, 0.3) is 11.8 Å². The zero-order valence-electron chi connectivity index (χ0n) is 20.3. The van der Waals surface area contributed by atoms with Crippen molar-refractivity contribution < 1.29 is 14.7 Å². The molecule has 1 aliphatic carbocycles.